The summed E-state index contributed by atoms with van der Waals surface area (Å²) in [5, 5.41) is 11.3. The first-order chi connectivity index (χ1) is 17.5. The van der Waals surface area contributed by atoms with Crippen molar-refractivity contribution in [1.82, 2.24) is 14.5 Å². The molecule has 0 radical (unpaired) electrons. The molecule has 2 aliphatic rings. The molecule has 0 bridgehead atoms. The monoisotopic (exact) mass is 491 g/mol. The minimum atomic E-state index is -0.810. The van der Waals surface area contributed by atoms with Crippen molar-refractivity contribution in [1.29, 1.82) is 0 Å². The van der Waals surface area contributed by atoms with Gasteiger partial charge in [-0.1, -0.05) is 6.07 Å². The standard InChI is InChI=1S/C26H25N3O7/c1-33-18-6-5-17(13-20(18)34-2)24(30)22-23(16-4-7-19-21(12-16)36-15-35-19)29(26(32)25(22)31)10-3-9-28-11-8-27-14-28/h4-8,11-14,23,30H,3,9-10,15H2,1-2H3. The summed E-state index contributed by atoms with van der Waals surface area (Å²) in [6.07, 6.45) is 5.80. The number of amides is 1. The van der Waals surface area contributed by atoms with Gasteiger partial charge in [-0.3, -0.25) is 9.59 Å². The molecule has 1 unspecified atom stereocenters. The maximum absolute atomic E-state index is 13.3. The number of aromatic nitrogens is 2. The number of carbonyl (C=O) groups excluding carboxylic acids is 2. The predicted octanol–water partition coefficient (Wildman–Crippen LogP) is 3.14. The zero-order valence-corrected chi connectivity index (χ0v) is 19.8. The van der Waals surface area contributed by atoms with E-state index in [1.807, 2.05) is 10.8 Å². The summed E-state index contributed by atoms with van der Waals surface area (Å²) >= 11 is 0. The van der Waals surface area contributed by atoms with E-state index in [0.29, 0.717) is 53.6 Å². The first-order valence-corrected chi connectivity index (χ1v) is 11.4. The van der Waals surface area contributed by atoms with E-state index in [9.17, 15) is 14.7 Å². The van der Waals surface area contributed by atoms with Gasteiger partial charge in [0, 0.05) is 31.0 Å². The van der Waals surface area contributed by atoms with Crippen molar-refractivity contribution < 1.29 is 33.6 Å². The zero-order chi connectivity index (χ0) is 25.2. The number of hydrogen-bond acceptors (Lipinski definition) is 8. The van der Waals surface area contributed by atoms with Crippen LogP contribution in [0.5, 0.6) is 23.0 Å². The summed E-state index contributed by atoms with van der Waals surface area (Å²) < 4.78 is 23.5. The summed E-state index contributed by atoms with van der Waals surface area (Å²) in [5.41, 5.74) is 0.951. The van der Waals surface area contributed by atoms with Crippen LogP contribution in [0, 0.1) is 0 Å². The smallest absolute Gasteiger partial charge is 0.295 e. The Morgan fingerprint density at radius 2 is 1.86 bits per heavy atom. The molecule has 1 atom stereocenters. The predicted molar refractivity (Wildman–Crippen MR) is 128 cm³/mol. The summed E-state index contributed by atoms with van der Waals surface area (Å²) in [6, 6.07) is 9.25. The molecule has 0 aliphatic carbocycles. The minimum Gasteiger partial charge on any atom is -0.507 e. The number of Topliss-reactive ketones (excluding diaryl/α,β-unsaturated/α-hetero) is 1. The van der Waals surface area contributed by atoms with Crippen molar-refractivity contribution >= 4 is 17.4 Å². The highest BCUT2D eigenvalue weighted by Gasteiger charge is 2.46. The van der Waals surface area contributed by atoms with Gasteiger partial charge in [-0.2, -0.15) is 0 Å². The lowest BCUT2D eigenvalue weighted by Gasteiger charge is -2.25. The number of benzene rings is 2. The first-order valence-electron chi connectivity index (χ1n) is 11.4. The van der Waals surface area contributed by atoms with Crippen LogP contribution >= 0.6 is 0 Å². The molecular formula is C26H25N3O7. The SMILES string of the molecule is COc1ccc(C(O)=C2C(=O)C(=O)N(CCCn3ccnc3)C2c2ccc3c(c2)OCO3)cc1OC. The highest BCUT2D eigenvalue weighted by atomic mass is 16.7. The van der Waals surface area contributed by atoms with Gasteiger partial charge in [0.15, 0.2) is 23.0 Å². The van der Waals surface area contributed by atoms with Crippen LogP contribution in [0.4, 0.5) is 0 Å². The molecule has 3 heterocycles. The van der Waals surface area contributed by atoms with Crippen LogP contribution in [0.1, 0.15) is 23.6 Å². The number of nitrogens with zero attached hydrogens (tertiary/aromatic N) is 3. The molecule has 3 aromatic rings. The van der Waals surface area contributed by atoms with Gasteiger partial charge in [0.1, 0.15) is 5.76 Å². The number of ketones is 1. The van der Waals surface area contributed by atoms with Gasteiger partial charge in [0.25, 0.3) is 11.7 Å². The molecular weight excluding hydrogens is 466 g/mol. The number of imidazole rings is 1. The highest BCUT2D eigenvalue weighted by molar-refractivity contribution is 6.46. The Balaban J connectivity index is 1.56. The zero-order valence-electron chi connectivity index (χ0n) is 19.8. The molecule has 1 saturated heterocycles. The summed E-state index contributed by atoms with van der Waals surface area (Å²) in [4.78, 5) is 32.0. The number of ether oxygens (including phenoxy) is 4. The number of aliphatic hydroxyl groups excluding tert-OH is 1. The molecule has 1 aromatic heterocycles. The van der Waals surface area contributed by atoms with Crippen molar-refractivity contribution in [2.45, 2.75) is 19.0 Å². The fourth-order valence-electron chi connectivity index (χ4n) is 4.52. The minimum absolute atomic E-state index is 0.00582. The summed E-state index contributed by atoms with van der Waals surface area (Å²) in [6.45, 7) is 1.01. The van der Waals surface area contributed by atoms with Gasteiger partial charge in [-0.15, -0.1) is 0 Å². The maximum Gasteiger partial charge on any atom is 0.295 e. The number of rotatable bonds is 8. The fraction of sp³-hybridized carbons (Fsp3) is 0.269. The number of aryl methyl sites for hydroxylation is 1. The molecule has 36 heavy (non-hydrogen) atoms. The van der Waals surface area contributed by atoms with E-state index in [1.54, 1.807) is 48.9 Å². The van der Waals surface area contributed by atoms with E-state index >= 15 is 0 Å². The molecule has 5 rings (SSSR count). The number of carbonyl (C=O) groups is 2. The van der Waals surface area contributed by atoms with Crippen LogP contribution in [0.25, 0.3) is 5.76 Å². The van der Waals surface area contributed by atoms with Crippen LogP contribution in [-0.4, -0.2) is 58.8 Å². The molecule has 10 heteroatoms. The quantitative estimate of drug-likeness (QED) is 0.291. The molecule has 10 nitrogen and oxygen atoms in total. The van der Waals surface area contributed by atoms with E-state index in [2.05, 4.69) is 4.98 Å². The van der Waals surface area contributed by atoms with Crippen molar-refractivity contribution in [3.8, 4) is 23.0 Å². The van der Waals surface area contributed by atoms with Crippen molar-refractivity contribution in [2.24, 2.45) is 0 Å². The van der Waals surface area contributed by atoms with E-state index in [1.165, 1.54) is 19.1 Å². The fourth-order valence-corrected chi connectivity index (χ4v) is 4.52. The second kappa shape index (κ2) is 9.65. The van der Waals surface area contributed by atoms with E-state index in [4.69, 9.17) is 18.9 Å². The normalized spacial score (nSPS) is 18.1. The lowest BCUT2D eigenvalue weighted by Crippen LogP contribution is -2.31. The Bertz CT molecular complexity index is 1330. The largest absolute Gasteiger partial charge is 0.507 e. The van der Waals surface area contributed by atoms with Crippen LogP contribution in [0.2, 0.25) is 0 Å². The Morgan fingerprint density at radius 1 is 1.06 bits per heavy atom. The maximum atomic E-state index is 13.3. The number of methoxy groups -OCH3 is 2. The number of likely N-dealkylation sites (tertiary alicyclic amines) is 1. The van der Waals surface area contributed by atoms with E-state index in [-0.39, 0.29) is 18.1 Å². The molecule has 0 saturated carbocycles. The topological polar surface area (TPSA) is 112 Å². The van der Waals surface area contributed by atoms with Crippen molar-refractivity contribution in [3.05, 3.63) is 71.8 Å². The van der Waals surface area contributed by atoms with Gasteiger partial charge in [-0.05, 0) is 42.3 Å². The van der Waals surface area contributed by atoms with Gasteiger partial charge < -0.3 is 33.5 Å². The van der Waals surface area contributed by atoms with Crippen LogP contribution in [-0.2, 0) is 16.1 Å². The molecule has 2 aromatic carbocycles. The second-order valence-electron chi connectivity index (χ2n) is 8.33. The number of hydrogen-bond donors (Lipinski definition) is 1. The molecule has 2 aliphatic heterocycles. The average Bonchev–Trinajstić information content (AvgIpc) is 3.64. The van der Waals surface area contributed by atoms with Crippen LogP contribution < -0.4 is 18.9 Å². The third-order valence-corrected chi connectivity index (χ3v) is 6.28. The lowest BCUT2D eigenvalue weighted by molar-refractivity contribution is -0.139. The summed E-state index contributed by atoms with van der Waals surface area (Å²) in [7, 11) is 2.99. The summed E-state index contributed by atoms with van der Waals surface area (Å²) in [5.74, 6) is 0.224. The van der Waals surface area contributed by atoms with Gasteiger partial charge >= 0.3 is 0 Å². The van der Waals surface area contributed by atoms with Gasteiger partial charge in [0.2, 0.25) is 6.79 Å². The Morgan fingerprint density at radius 3 is 2.61 bits per heavy atom. The van der Waals surface area contributed by atoms with Crippen molar-refractivity contribution in [3.63, 3.8) is 0 Å². The van der Waals surface area contributed by atoms with E-state index in [0.717, 1.165) is 0 Å². The second-order valence-corrected chi connectivity index (χ2v) is 8.33. The third-order valence-electron chi connectivity index (χ3n) is 6.28. The molecule has 1 amide bonds. The Kier molecular flexibility index (Phi) is 6.24. The third kappa shape index (κ3) is 4.10. The first kappa shape index (κ1) is 23.3. The van der Waals surface area contributed by atoms with E-state index < -0.39 is 17.7 Å². The van der Waals surface area contributed by atoms with Gasteiger partial charge in [-0.25, -0.2) is 4.98 Å². The van der Waals surface area contributed by atoms with Crippen molar-refractivity contribution in [2.75, 3.05) is 27.6 Å². The highest BCUT2D eigenvalue weighted by Crippen LogP contribution is 2.43. The molecule has 0 spiro atoms. The van der Waals surface area contributed by atoms with Gasteiger partial charge in [0.05, 0.1) is 32.2 Å². The molecule has 1 fully saturated rings. The number of aliphatic hydroxyl groups is 1. The molecule has 1 N–H and O–H groups in total. The van der Waals surface area contributed by atoms with Crippen LogP contribution in [0.3, 0.4) is 0 Å². The average molecular weight is 492 g/mol. The van der Waals surface area contributed by atoms with Crippen LogP contribution in [0.15, 0.2) is 60.7 Å². The molecule has 186 valence electrons. The Labute approximate surface area is 207 Å². The Hall–Kier alpha value is -4.47. The lowest BCUT2D eigenvalue weighted by atomic mass is 9.94. The number of fused-ring (bicyclic) bond motifs is 1.